The predicted octanol–water partition coefficient (Wildman–Crippen LogP) is 9.40. The molecule has 0 aliphatic heterocycles. The van der Waals surface area contributed by atoms with E-state index in [1.165, 1.54) is 37.8 Å². The van der Waals surface area contributed by atoms with Crippen LogP contribution in [0.25, 0.3) is 0 Å². The highest BCUT2D eigenvalue weighted by Crippen LogP contribution is 2.37. The highest BCUT2D eigenvalue weighted by atomic mass is 19.1. The zero-order valence-electron chi connectivity index (χ0n) is 22.1. The smallest absolute Gasteiger partial charge is 0.330 e. The van der Waals surface area contributed by atoms with E-state index in [0.717, 1.165) is 68.4 Å². The monoisotopic (exact) mass is 508 g/mol. The number of rotatable bonds is 10. The number of carbonyl (C=O) groups excluding carboxylic acids is 1. The van der Waals surface area contributed by atoms with Crippen LogP contribution in [0.3, 0.4) is 0 Å². The minimum Gasteiger partial charge on any atom is -0.488 e. The summed E-state index contributed by atoms with van der Waals surface area (Å²) in [6.45, 7) is 10.9. The Balaban J connectivity index is 0.000000611. The third-order valence-corrected chi connectivity index (χ3v) is 7.51. The van der Waals surface area contributed by atoms with Gasteiger partial charge in [-0.05, 0) is 79.9 Å². The van der Waals surface area contributed by atoms with Gasteiger partial charge in [0.05, 0.1) is 13.2 Å². The van der Waals surface area contributed by atoms with E-state index < -0.39 is 17.6 Å². The van der Waals surface area contributed by atoms with E-state index in [2.05, 4.69) is 27.4 Å². The molecular formula is C31H50F2O3. The molecule has 2 fully saturated rings. The van der Waals surface area contributed by atoms with Gasteiger partial charge in [-0.1, -0.05) is 73.3 Å². The third-order valence-electron chi connectivity index (χ3n) is 7.51. The molecule has 0 N–H and O–H groups in total. The summed E-state index contributed by atoms with van der Waals surface area (Å²) in [7, 11) is 0. The Morgan fingerprint density at radius 1 is 0.833 bits per heavy atom. The minimum absolute atomic E-state index is 0. The first kappa shape index (κ1) is 32.1. The van der Waals surface area contributed by atoms with Crippen LogP contribution in [0.5, 0.6) is 5.75 Å². The van der Waals surface area contributed by atoms with Gasteiger partial charge in [0.15, 0.2) is 17.4 Å². The lowest BCUT2D eigenvalue weighted by molar-refractivity contribution is -0.137. The first-order valence-corrected chi connectivity index (χ1v) is 13.7. The van der Waals surface area contributed by atoms with Gasteiger partial charge in [0.25, 0.3) is 0 Å². The highest BCUT2D eigenvalue weighted by molar-refractivity contribution is 5.81. The summed E-state index contributed by atoms with van der Waals surface area (Å²) in [6, 6.07) is 2.88. The lowest BCUT2D eigenvalue weighted by Gasteiger charge is -2.26. The van der Waals surface area contributed by atoms with Gasteiger partial charge in [-0.3, -0.25) is 0 Å². The Labute approximate surface area is 219 Å². The number of benzene rings is 1. The zero-order chi connectivity index (χ0) is 25.6. The second-order valence-electron chi connectivity index (χ2n) is 10.8. The molecule has 0 aromatic heterocycles. The average Bonchev–Trinajstić information content (AvgIpc) is 2.84. The van der Waals surface area contributed by atoms with E-state index in [9.17, 15) is 13.6 Å². The van der Waals surface area contributed by atoms with E-state index in [1.54, 1.807) is 0 Å². The van der Waals surface area contributed by atoms with Crippen LogP contribution < -0.4 is 4.74 Å². The van der Waals surface area contributed by atoms with Crippen molar-refractivity contribution >= 4 is 5.97 Å². The van der Waals surface area contributed by atoms with Gasteiger partial charge >= 0.3 is 5.97 Å². The Morgan fingerprint density at radius 2 is 1.28 bits per heavy atom. The molecular weight excluding hydrogens is 458 g/mol. The number of esters is 1. The average molecular weight is 509 g/mol. The Morgan fingerprint density at radius 3 is 1.75 bits per heavy atom. The van der Waals surface area contributed by atoms with Crippen molar-refractivity contribution < 1.29 is 23.0 Å². The van der Waals surface area contributed by atoms with Crippen molar-refractivity contribution in [2.45, 2.75) is 111 Å². The fourth-order valence-electron chi connectivity index (χ4n) is 4.94. The van der Waals surface area contributed by atoms with E-state index in [0.29, 0.717) is 18.9 Å². The van der Waals surface area contributed by atoms with Crippen LogP contribution in [0.1, 0.15) is 117 Å². The number of hydrogen-bond donors (Lipinski definition) is 0. The topological polar surface area (TPSA) is 35.5 Å². The van der Waals surface area contributed by atoms with Crippen molar-refractivity contribution in [1.29, 1.82) is 0 Å². The van der Waals surface area contributed by atoms with Gasteiger partial charge < -0.3 is 9.47 Å². The summed E-state index contributed by atoms with van der Waals surface area (Å²) in [5, 5.41) is 0. The molecule has 1 aromatic carbocycles. The quantitative estimate of drug-likeness (QED) is 0.179. The van der Waals surface area contributed by atoms with Crippen LogP contribution >= 0.6 is 0 Å². The van der Waals surface area contributed by atoms with E-state index in [-0.39, 0.29) is 25.7 Å². The summed E-state index contributed by atoms with van der Waals surface area (Å²) in [5.74, 6) is 1.07. The summed E-state index contributed by atoms with van der Waals surface area (Å²) >= 11 is 0. The van der Waals surface area contributed by atoms with Crippen molar-refractivity contribution in [2.75, 3.05) is 13.2 Å². The van der Waals surface area contributed by atoms with Crippen LogP contribution in [0, 0.1) is 29.4 Å². The molecule has 36 heavy (non-hydrogen) atoms. The molecule has 1 aromatic rings. The lowest BCUT2D eigenvalue weighted by Crippen LogP contribution is -2.12. The second-order valence-corrected chi connectivity index (χ2v) is 10.8. The molecule has 2 aliphatic rings. The van der Waals surface area contributed by atoms with Crippen molar-refractivity contribution in [1.82, 2.24) is 0 Å². The lowest BCUT2D eigenvalue weighted by atomic mass is 9.79. The van der Waals surface area contributed by atoms with Crippen LogP contribution in [0.2, 0.25) is 0 Å². The van der Waals surface area contributed by atoms with Crippen LogP contribution in [-0.4, -0.2) is 19.2 Å². The summed E-state index contributed by atoms with van der Waals surface area (Å²) in [5.41, 5.74) is 0.748. The Bertz CT molecular complexity index is 730. The van der Waals surface area contributed by atoms with Gasteiger partial charge in [0.1, 0.15) is 0 Å². The number of halogens is 2. The summed E-state index contributed by atoms with van der Waals surface area (Å²) in [4.78, 5) is 10.9. The van der Waals surface area contributed by atoms with Crippen LogP contribution in [-0.2, 0) is 9.53 Å². The maximum Gasteiger partial charge on any atom is 0.330 e. The molecule has 0 bridgehead atoms. The number of ether oxygens (including phenoxy) is 2. The van der Waals surface area contributed by atoms with Gasteiger partial charge in [-0.25, -0.2) is 13.6 Å². The van der Waals surface area contributed by atoms with Gasteiger partial charge in [0.2, 0.25) is 0 Å². The predicted molar refractivity (Wildman–Crippen MR) is 145 cm³/mol. The molecule has 2 saturated carbocycles. The Hall–Kier alpha value is -1.91. The van der Waals surface area contributed by atoms with E-state index in [4.69, 9.17) is 9.47 Å². The van der Waals surface area contributed by atoms with Crippen LogP contribution in [0.4, 0.5) is 8.78 Å². The molecule has 5 heteroatoms. The number of unbranched alkanes of at least 4 members (excludes halogenated alkanes) is 3. The maximum atomic E-state index is 14.3. The molecule has 0 amide bonds. The SMILES string of the molecule is C.C=CC(=O)OCCCCCCOc1c(F)cc(C2CCC(C)CC2)cc1F.CC1CCC(C)CC1. The zero-order valence-corrected chi connectivity index (χ0v) is 22.1. The maximum absolute atomic E-state index is 14.3. The molecule has 3 nitrogen and oxygen atoms in total. The fourth-order valence-corrected chi connectivity index (χ4v) is 4.94. The molecule has 0 saturated heterocycles. The number of hydrogen-bond acceptors (Lipinski definition) is 3. The van der Waals surface area contributed by atoms with Crippen LogP contribution in [0.15, 0.2) is 24.8 Å². The molecule has 0 unspecified atom stereocenters. The molecule has 0 heterocycles. The van der Waals surface area contributed by atoms with Gasteiger partial charge in [0, 0.05) is 6.08 Å². The van der Waals surface area contributed by atoms with Crippen molar-refractivity contribution in [2.24, 2.45) is 17.8 Å². The summed E-state index contributed by atoms with van der Waals surface area (Å²) in [6.07, 6.45) is 14.4. The van der Waals surface area contributed by atoms with Crippen molar-refractivity contribution in [3.63, 3.8) is 0 Å². The molecule has 0 radical (unpaired) electrons. The molecule has 206 valence electrons. The standard InChI is InChI=1S/C22H30F2O3.C8H16.CH4/c1-3-21(25)26-12-6-4-5-7-13-27-22-19(23)14-18(15-20(22)24)17-10-8-16(2)9-11-17;1-7-3-5-8(2)6-4-7;/h3,14-17H,1,4-13H2,2H3;7-8H,3-6H2,1-2H3;1H4. The van der Waals surface area contributed by atoms with E-state index in [1.807, 2.05) is 0 Å². The van der Waals surface area contributed by atoms with Gasteiger partial charge in [-0.2, -0.15) is 0 Å². The normalized spacial score (nSPS) is 23.5. The molecule has 2 aliphatic carbocycles. The van der Waals surface area contributed by atoms with Crippen molar-refractivity contribution in [3.05, 3.63) is 42.0 Å². The molecule has 3 rings (SSSR count). The first-order valence-electron chi connectivity index (χ1n) is 13.7. The number of carbonyl (C=O) groups is 1. The summed E-state index contributed by atoms with van der Waals surface area (Å²) < 4.78 is 38.8. The largest absolute Gasteiger partial charge is 0.488 e. The highest BCUT2D eigenvalue weighted by Gasteiger charge is 2.22. The fraction of sp³-hybridized carbons (Fsp3) is 0.710. The molecule has 0 spiro atoms. The minimum atomic E-state index is -0.611. The third kappa shape index (κ3) is 11.9. The molecule has 0 atom stereocenters. The van der Waals surface area contributed by atoms with Crippen molar-refractivity contribution in [3.8, 4) is 5.75 Å². The van der Waals surface area contributed by atoms with E-state index >= 15 is 0 Å². The Kier molecular flexibility index (Phi) is 15.6. The first-order chi connectivity index (χ1) is 16.8. The second kappa shape index (κ2) is 17.5. The van der Waals surface area contributed by atoms with Gasteiger partial charge in [-0.15, -0.1) is 0 Å².